The summed E-state index contributed by atoms with van der Waals surface area (Å²) in [7, 11) is 0. The van der Waals surface area contributed by atoms with E-state index in [1.807, 2.05) is 36.1 Å². The molecule has 0 unspecified atom stereocenters. The molecule has 0 saturated carbocycles. The molecule has 200 valence electrons. The van der Waals surface area contributed by atoms with Gasteiger partial charge >= 0.3 is 5.69 Å². The van der Waals surface area contributed by atoms with Crippen LogP contribution in [0.1, 0.15) is 37.9 Å². The van der Waals surface area contributed by atoms with Crippen molar-refractivity contribution in [2.75, 3.05) is 24.5 Å². The number of carbonyl (C=O) groups excluding carboxylic acids is 1. The summed E-state index contributed by atoms with van der Waals surface area (Å²) in [5, 5.41) is 0. The number of aromatic nitrogens is 4. The van der Waals surface area contributed by atoms with E-state index < -0.39 is 11.5 Å². The first kappa shape index (κ1) is 26.2. The van der Waals surface area contributed by atoms with Crippen LogP contribution in [-0.4, -0.2) is 56.0 Å². The molecule has 8 nitrogen and oxygen atoms in total. The van der Waals surface area contributed by atoms with Crippen LogP contribution in [0.3, 0.4) is 0 Å². The number of nitrogens with zero attached hydrogens (tertiary/aromatic N) is 6. The lowest BCUT2D eigenvalue weighted by Gasteiger charge is -2.40. The van der Waals surface area contributed by atoms with E-state index in [0.29, 0.717) is 59.3 Å². The molecule has 5 rings (SSSR count). The first-order valence-electron chi connectivity index (χ1n) is 13.0. The highest BCUT2D eigenvalue weighted by atomic mass is 19.1. The van der Waals surface area contributed by atoms with Crippen LogP contribution in [0.4, 0.5) is 10.2 Å². The molecule has 4 aromatic rings. The molecule has 1 atom stereocenters. The van der Waals surface area contributed by atoms with Gasteiger partial charge in [0.25, 0.3) is 0 Å². The maximum Gasteiger partial charge on any atom is 0.355 e. The highest BCUT2D eigenvalue weighted by Gasteiger charge is 2.30. The topological polar surface area (TPSA) is 84.2 Å². The van der Waals surface area contributed by atoms with E-state index in [1.165, 1.54) is 16.7 Å². The maximum atomic E-state index is 14.9. The van der Waals surface area contributed by atoms with E-state index in [2.05, 4.69) is 25.4 Å². The van der Waals surface area contributed by atoms with Gasteiger partial charge in [-0.25, -0.2) is 23.7 Å². The zero-order valence-electron chi connectivity index (χ0n) is 22.6. The number of hydrogen-bond donors (Lipinski definition) is 0. The van der Waals surface area contributed by atoms with E-state index in [4.69, 9.17) is 9.97 Å². The minimum Gasteiger partial charge on any atom is -0.348 e. The Hall–Kier alpha value is -4.40. The van der Waals surface area contributed by atoms with Gasteiger partial charge in [-0.15, -0.1) is 0 Å². The van der Waals surface area contributed by atoms with Crippen LogP contribution in [0.15, 0.2) is 66.0 Å². The molecule has 0 spiro atoms. The Balaban J connectivity index is 1.78. The van der Waals surface area contributed by atoms with E-state index in [1.54, 1.807) is 30.0 Å². The Morgan fingerprint density at radius 3 is 2.49 bits per heavy atom. The number of benzene rings is 2. The normalized spacial score (nSPS) is 15.7. The van der Waals surface area contributed by atoms with Crippen LogP contribution < -0.4 is 10.6 Å². The number of amides is 1. The minimum absolute atomic E-state index is 0.128. The molecule has 1 aliphatic rings. The Morgan fingerprint density at radius 2 is 1.79 bits per heavy atom. The second-order valence-corrected chi connectivity index (χ2v) is 10.1. The molecule has 1 amide bonds. The average molecular weight is 527 g/mol. The van der Waals surface area contributed by atoms with Crippen molar-refractivity contribution in [3.63, 3.8) is 0 Å². The third kappa shape index (κ3) is 4.69. The van der Waals surface area contributed by atoms with Gasteiger partial charge in [0.05, 0.1) is 17.1 Å². The summed E-state index contributed by atoms with van der Waals surface area (Å²) in [6.45, 7) is 12.8. The summed E-state index contributed by atoms with van der Waals surface area (Å²) in [5.74, 6) is -0.0215. The largest absolute Gasteiger partial charge is 0.355 e. The van der Waals surface area contributed by atoms with E-state index in [-0.39, 0.29) is 17.9 Å². The molecule has 39 heavy (non-hydrogen) atoms. The van der Waals surface area contributed by atoms with Crippen LogP contribution >= 0.6 is 0 Å². The van der Waals surface area contributed by atoms with Gasteiger partial charge in [0.2, 0.25) is 5.91 Å². The van der Waals surface area contributed by atoms with Crippen molar-refractivity contribution < 1.29 is 9.18 Å². The summed E-state index contributed by atoms with van der Waals surface area (Å²) >= 11 is 0. The van der Waals surface area contributed by atoms with Crippen LogP contribution in [-0.2, 0) is 4.79 Å². The Bertz CT molecular complexity index is 1650. The number of carbonyl (C=O) groups is 1. The van der Waals surface area contributed by atoms with Gasteiger partial charge in [0.1, 0.15) is 11.3 Å². The smallest absolute Gasteiger partial charge is 0.348 e. The van der Waals surface area contributed by atoms with Crippen molar-refractivity contribution in [3.05, 3.63) is 88.7 Å². The second-order valence-electron chi connectivity index (χ2n) is 10.1. The van der Waals surface area contributed by atoms with Crippen molar-refractivity contribution in [1.29, 1.82) is 0 Å². The summed E-state index contributed by atoms with van der Waals surface area (Å²) in [4.78, 5) is 44.1. The van der Waals surface area contributed by atoms with Gasteiger partial charge in [0, 0.05) is 31.2 Å². The summed E-state index contributed by atoms with van der Waals surface area (Å²) < 4.78 is 16.4. The number of para-hydroxylation sites is 1. The van der Waals surface area contributed by atoms with E-state index in [9.17, 15) is 14.0 Å². The quantitative estimate of drug-likeness (QED) is 0.353. The van der Waals surface area contributed by atoms with Crippen molar-refractivity contribution >= 4 is 22.9 Å². The Morgan fingerprint density at radius 1 is 1.08 bits per heavy atom. The molecule has 9 heteroatoms. The number of hydrogen-bond acceptors (Lipinski definition) is 6. The molecule has 1 fully saturated rings. The van der Waals surface area contributed by atoms with Gasteiger partial charge in [0.15, 0.2) is 11.5 Å². The molecule has 1 saturated heterocycles. The Labute approximate surface area is 226 Å². The van der Waals surface area contributed by atoms with E-state index >= 15 is 0 Å². The fraction of sp³-hybridized carbons (Fsp3) is 0.300. The van der Waals surface area contributed by atoms with Gasteiger partial charge in [-0.05, 0) is 49.6 Å². The van der Waals surface area contributed by atoms with Gasteiger partial charge in [-0.2, -0.15) is 4.98 Å². The lowest BCUT2D eigenvalue weighted by molar-refractivity contribution is -0.126. The van der Waals surface area contributed by atoms with Crippen LogP contribution in [0, 0.1) is 12.7 Å². The van der Waals surface area contributed by atoms with Crippen LogP contribution in [0.2, 0.25) is 0 Å². The highest BCUT2D eigenvalue weighted by Crippen LogP contribution is 2.32. The molecule has 0 N–H and O–H groups in total. The Kier molecular flexibility index (Phi) is 6.99. The number of anilines is 1. The molecule has 0 aliphatic carbocycles. The molecule has 1 aliphatic heterocycles. The van der Waals surface area contributed by atoms with Crippen molar-refractivity contribution in [2.24, 2.45) is 0 Å². The average Bonchev–Trinajstić information content (AvgIpc) is 2.92. The molecular formula is C30H31FN6O2. The standard InChI is InChI=1S/C30H31FN6O2/c1-6-25(38)35-15-16-36(19(4)17-35)28-27-29(33-26(20(5)32-27)22-12-7-9-13-23(22)31)37(30(39)34-28)24-14-10-8-11-21(24)18(2)3/h6-14,18-19H,1,15-17H2,2-5H3/t19-/m0/s1. The first-order chi connectivity index (χ1) is 18.7. The number of aryl methyl sites for hydroxylation is 1. The first-order valence-corrected chi connectivity index (χ1v) is 13.0. The molecule has 2 aromatic heterocycles. The molecule has 0 bridgehead atoms. The molecule has 2 aromatic carbocycles. The number of piperazine rings is 1. The minimum atomic E-state index is -0.500. The number of rotatable bonds is 5. The van der Waals surface area contributed by atoms with E-state index in [0.717, 1.165) is 5.56 Å². The maximum absolute atomic E-state index is 14.9. The zero-order valence-corrected chi connectivity index (χ0v) is 22.6. The van der Waals surface area contributed by atoms with Crippen LogP contribution in [0.25, 0.3) is 28.1 Å². The molecular weight excluding hydrogens is 495 g/mol. The van der Waals surface area contributed by atoms with Gasteiger partial charge in [-0.3, -0.25) is 4.79 Å². The summed E-state index contributed by atoms with van der Waals surface area (Å²) in [5.41, 5.74) is 3.06. The predicted molar refractivity (Wildman–Crippen MR) is 151 cm³/mol. The molecule has 0 radical (unpaired) electrons. The lowest BCUT2D eigenvalue weighted by atomic mass is 10.0. The SMILES string of the molecule is C=CC(=O)N1CCN(c2nc(=O)n(-c3ccccc3C(C)C)c3nc(-c4ccccc4F)c(C)nc23)[C@@H](C)C1. The van der Waals surface area contributed by atoms with Crippen molar-refractivity contribution in [3.8, 4) is 16.9 Å². The second kappa shape index (κ2) is 10.4. The van der Waals surface area contributed by atoms with Crippen molar-refractivity contribution in [2.45, 2.75) is 39.7 Å². The fourth-order valence-electron chi connectivity index (χ4n) is 5.21. The fourth-order valence-corrected chi connectivity index (χ4v) is 5.21. The number of halogens is 1. The monoisotopic (exact) mass is 526 g/mol. The zero-order chi connectivity index (χ0) is 27.8. The lowest BCUT2D eigenvalue weighted by Crippen LogP contribution is -2.54. The highest BCUT2D eigenvalue weighted by molar-refractivity contribution is 5.88. The number of fused-ring (bicyclic) bond motifs is 1. The third-order valence-corrected chi connectivity index (χ3v) is 7.18. The summed E-state index contributed by atoms with van der Waals surface area (Å²) in [6, 6.07) is 13.9. The molecule has 3 heterocycles. The van der Waals surface area contributed by atoms with Gasteiger partial charge < -0.3 is 9.80 Å². The van der Waals surface area contributed by atoms with Crippen molar-refractivity contribution in [1.82, 2.24) is 24.4 Å². The van der Waals surface area contributed by atoms with Crippen LogP contribution in [0.5, 0.6) is 0 Å². The summed E-state index contributed by atoms with van der Waals surface area (Å²) in [6.07, 6.45) is 1.31. The predicted octanol–water partition coefficient (Wildman–Crippen LogP) is 4.64. The van der Waals surface area contributed by atoms with Gasteiger partial charge in [-0.1, -0.05) is 50.8 Å². The third-order valence-electron chi connectivity index (χ3n) is 7.18.